The van der Waals surface area contributed by atoms with Crippen LogP contribution < -0.4 is 11.1 Å². The summed E-state index contributed by atoms with van der Waals surface area (Å²) in [5.41, 5.74) is 7.52. The second-order valence-corrected chi connectivity index (χ2v) is 8.90. The maximum absolute atomic E-state index is 13.0. The number of aryl methyl sites for hydroxylation is 1. The molecule has 4 N–H and O–H groups in total. The first kappa shape index (κ1) is 18.7. The van der Waals surface area contributed by atoms with Gasteiger partial charge in [0.1, 0.15) is 5.00 Å². The van der Waals surface area contributed by atoms with Crippen LogP contribution in [0.5, 0.6) is 0 Å². The van der Waals surface area contributed by atoms with Crippen LogP contribution in [0.4, 0.5) is 5.00 Å². The lowest BCUT2D eigenvalue weighted by atomic mass is 9.78. The van der Waals surface area contributed by atoms with E-state index < -0.39 is 23.7 Å². The summed E-state index contributed by atoms with van der Waals surface area (Å²) in [6, 6.07) is 9.43. The van der Waals surface area contributed by atoms with Gasteiger partial charge in [-0.3, -0.25) is 14.4 Å². The molecule has 0 saturated heterocycles. The number of primary amides is 1. The van der Waals surface area contributed by atoms with Crippen LogP contribution in [0.2, 0.25) is 0 Å². The van der Waals surface area contributed by atoms with Crippen LogP contribution in [-0.2, 0) is 9.59 Å². The predicted molar refractivity (Wildman–Crippen MR) is 107 cm³/mol. The minimum Gasteiger partial charge on any atom is -0.481 e. The van der Waals surface area contributed by atoms with Crippen LogP contribution in [0.25, 0.3) is 11.1 Å². The summed E-state index contributed by atoms with van der Waals surface area (Å²) in [7, 11) is 0. The second kappa shape index (κ2) is 7.05. The van der Waals surface area contributed by atoms with E-state index in [2.05, 4.69) is 5.32 Å². The number of nitrogens with one attached hydrogen (secondary N) is 1. The fraction of sp³-hybridized carbons (Fsp3) is 0.381. The number of carbonyl (C=O) groups is 3. The molecule has 2 aliphatic carbocycles. The molecule has 6 nitrogen and oxygen atoms in total. The molecule has 2 amide bonds. The molecule has 4 atom stereocenters. The van der Waals surface area contributed by atoms with Crippen molar-refractivity contribution >= 4 is 34.1 Å². The molecule has 4 rings (SSSR count). The molecular weight excluding hydrogens is 376 g/mol. The number of benzene rings is 1. The highest BCUT2D eigenvalue weighted by atomic mass is 32.1. The molecule has 2 saturated carbocycles. The largest absolute Gasteiger partial charge is 0.481 e. The van der Waals surface area contributed by atoms with Crippen molar-refractivity contribution in [1.82, 2.24) is 0 Å². The number of carboxylic acid groups (broad SMARTS) is 1. The van der Waals surface area contributed by atoms with Gasteiger partial charge in [-0.2, -0.15) is 0 Å². The first-order valence-corrected chi connectivity index (χ1v) is 10.2. The van der Waals surface area contributed by atoms with E-state index in [1.807, 2.05) is 37.3 Å². The number of anilines is 1. The SMILES string of the molecule is Cc1sc(NC(=O)[C@H]2[C@H]3CC[C@@H](C3)[C@@H]2C(=O)O)c(C(N)=O)c1-c1ccccc1. The summed E-state index contributed by atoms with van der Waals surface area (Å²) in [5.74, 6) is -2.87. The first-order chi connectivity index (χ1) is 13.4. The van der Waals surface area contributed by atoms with Gasteiger partial charge in [0.25, 0.3) is 5.91 Å². The Labute approximate surface area is 166 Å². The number of thiophene rings is 1. The van der Waals surface area contributed by atoms with Crippen molar-refractivity contribution in [3.05, 3.63) is 40.8 Å². The predicted octanol–water partition coefficient (Wildman–Crippen LogP) is 3.51. The van der Waals surface area contributed by atoms with E-state index in [1.165, 1.54) is 11.3 Å². The maximum atomic E-state index is 13.0. The number of aliphatic carboxylic acids is 1. The minimum atomic E-state index is -0.908. The lowest BCUT2D eigenvalue weighted by molar-refractivity contribution is -0.148. The van der Waals surface area contributed by atoms with Gasteiger partial charge in [-0.25, -0.2) is 0 Å². The van der Waals surface area contributed by atoms with Gasteiger partial charge in [0.15, 0.2) is 0 Å². The van der Waals surface area contributed by atoms with Crippen LogP contribution in [0.1, 0.15) is 34.5 Å². The summed E-state index contributed by atoms with van der Waals surface area (Å²) in [6.45, 7) is 1.88. The monoisotopic (exact) mass is 398 g/mol. The Morgan fingerprint density at radius 1 is 1.11 bits per heavy atom. The Morgan fingerprint density at radius 2 is 1.75 bits per heavy atom. The van der Waals surface area contributed by atoms with Gasteiger partial charge >= 0.3 is 5.97 Å². The van der Waals surface area contributed by atoms with Gasteiger partial charge in [0.05, 0.1) is 17.4 Å². The van der Waals surface area contributed by atoms with E-state index in [4.69, 9.17) is 5.73 Å². The zero-order valence-electron chi connectivity index (χ0n) is 15.5. The molecule has 0 unspecified atom stereocenters. The first-order valence-electron chi connectivity index (χ1n) is 9.40. The number of carboxylic acids is 1. The van der Waals surface area contributed by atoms with Crippen molar-refractivity contribution in [2.24, 2.45) is 29.4 Å². The molecule has 2 aromatic rings. The van der Waals surface area contributed by atoms with Crippen molar-refractivity contribution < 1.29 is 19.5 Å². The molecule has 7 heteroatoms. The van der Waals surface area contributed by atoms with E-state index in [9.17, 15) is 19.5 Å². The number of carbonyl (C=O) groups excluding carboxylic acids is 2. The van der Waals surface area contributed by atoms with Gasteiger partial charge in [0.2, 0.25) is 5.91 Å². The summed E-state index contributed by atoms with van der Waals surface area (Å²) in [5, 5.41) is 12.9. The molecule has 146 valence electrons. The second-order valence-electron chi connectivity index (χ2n) is 7.68. The van der Waals surface area contributed by atoms with Crippen molar-refractivity contribution in [2.45, 2.75) is 26.2 Å². The third-order valence-corrected chi connectivity index (χ3v) is 7.15. The molecule has 28 heavy (non-hydrogen) atoms. The molecule has 1 aromatic heterocycles. The van der Waals surface area contributed by atoms with E-state index in [1.54, 1.807) is 0 Å². The number of amides is 2. The standard InChI is InChI=1S/C21H22N2O4S/c1-10-14(11-5-3-2-4-6-11)17(18(22)24)20(28-10)23-19(25)15-12-7-8-13(9-12)16(15)21(26)27/h2-6,12-13,15-16H,7-9H2,1H3,(H2,22,24)(H,23,25)(H,26,27)/t12-,13-,15-,16-/m0/s1. The third-order valence-electron chi connectivity index (χ3n) is 6.13. The van der Waals surface area contributed by atoms with Gasteiger partial charge in [-0.15, -0.1) is 11.3 Å². The average Bonchev–Trinajstić information content (AvgIpc) is 3.34. The Balaban J connectivity index is 1.68. The number of rotatable bonds is 5. The van der Waals surface area contributed by atoms with Gasteiger partial charge in [0, 0.05) is 10.4 Å². The average molecular weight is 398 g/mol. The topological polar surface area (TPSA) is 109 Å². The van der Waals surface area contributed by atoms with Crippen molar-refractivity contribution in [3.8, 4) is 11.1 Å². The molecule has 0 spiro atoms. The molecule has 2 aliphatic rings. The Bertz CT molecular complexity index is 953. The summed E-state index contributed by atoms with van der Waals surface area (Å²) in [6.07, 6.45) is 2.54. The maximum Gasteiger partial charge on any atom is 0.307 e. The third kappa shape index (κ3) is 2.99. The Hall–Kier alpha value is -2.67. The molecule has 1 heterocycles. The number of fused-ring (bicyclic) bond motifs is 2. The minimum absolute atomic E-state index is 0.0683. The summed E-state index contributed by atoms with van der Waals surface area (Å²) in [4.78, 5) is 37.8. The lowest BCUT2D eigenvalue weighted by Gasteiger charge is -2.26. The van der Waals surface area contributed by atoms with Crippen molar-refractivity contribution in [2.75, 3.05) is 5.32 Å². The highest BCUT2D eigenvalue weighted by Crippen LogP contribution is 2.53. The number of hydrogen-bond acceptors (Lipinski definition) is 4. The molecule has 0 radical (unpaired) electrons. The van der Waals surface area contributed by atoms with Crippen LogP contribution >= 0.6 is 11.3 Å². The number of hydrogen-bond donors (Lipinski definition) is 3. The van der Waals surface area contributed by atoms with E-state index in [0.29, 0.717) is 5.00 Å². The molecule has 0 aliphatic heterocycles. The van der Waals surface area contributed by atoms with Crippen LogP contribution in [0, 0.1) is 30.6 Å². The van der Waals surface area contributed by atoms with E-state index >= 15 is 0 Å². The van der Waals surface area contributed by atoms with Gasteiger partial charge in [-0.05, 0) is 43.6 Å². The molecule has 2 bridgehead atoms. The van der Waals surface area contributed by atoms with Crippen molar-refractivity contribution in [3.63, 3.8) is 0 Å². The molecular formula is C21H22N2O4S. The lowest BCUT2D eigenvalue weighted by Crippen LogP contribution is -2.38. The van der Waals surface area contributed by atoms with E-state index in [0.717, 1.165) is 35.3 Å². The van der Waals surface area contributed by atoms with Crippen LogP contribution in [0.3, 0.4) is 0 Å². The van der Waals surface area contributed by atoms with E-state index in [-0.39, 0.29) is 23.3 Å². The fourth-order valence-corrected chi connectivity index (χ4v) is 6.12. The summed E-state index contributed by atoms with van der Waals surface area (Å²) >= 11 is 1.30. The zero-order chi connectivity index (χ0) is 20.0. The number of nitrogens with two attached hydrogens (primary N) is 1. The van der Waals surface area contributed by atoms with Crippen LogP contribution in [0.15, 0.2) is 30.3 Å². The Morgan fingerprint density at radius 3 is 2.36 bits per heavy atom. The quantitative estimate of drug-likeness (QED) is 0.716. The van der Waals surface area contributed by atoms with Crippen molar-refractivity contribution in [1.29, 1.82) is 0 Å². The highest BCUT2D eigenvalue weighted by molar-refractivity contribution is 7.17. The highest BCUT2D eigenvalue weighted by Gasteiger charge is 2.54. The zero-order valence-corrected chi connectivity index (χ0v) is 16.3. The van der Waals surface area contributed by atoms with Gasteiger partial charge in [-0.1, -0.05) is 30.3 Å². The fourth-order valence-electron chi connectivity index (χ4n) is 5.04. The molecule has 2 fully saturated rings. The normalized spacial score (nSPS) is 25.6. The smallest absolute Gasteiger partial charge is 0.307 e. The van der Waals surface area contributed by atoms with Crippen LogP contribution in [-0.4, -0.2) is 22.9 Å². The summed E-state index contributed by atoms with van der Waals surface area (Å²) < 4.78 is 0. The van der Waals surface area contributed by atoms with Gasteiger partial charge < -0.3 is 16.2 Å². The Kier molecular flexibility index (Phi) is 4.71. The molecule has 1 aromatic carbocycles.